The lowest BCUT2D eigenvalue weighted by molar-refractivity contribution is -0.120. The van der Waals surface area contributed by atoms with E-state index in [2.05, 4.69) is 54.2 Å². The molecule has 2 aromatic rings. The van der Waals surface area contributed by atoms with Crippen LogP contribution in [0, 0.1) is 31.1 Å². The number of carbonyl (C=O) groups is 1. The number of hydrogen-bond donors (Lipinski definition) is 0. The Bertz CT molecular complexity index is 813. The van der Waals surface area contributed by atoms with Crippen LogP contribution in [-0.2, 0) is 4.79 Å². The van der Waals surface area contributed by atoms with E-state index in [-0.39, 0.29) is 17.6 Å². The number of rotatable bonds is 5. The van der Waals surface area contributed by atoms with Crippen molar-refractivity contribution in [1.82, 2.24) is 9.97 Å². The number of aromatic nitrogens is 2. The molecule has 0 unspecified atom stereocenters. The predicted molar refractivity (Wildman–Crippen MR) is 96.2 cm³/mol. The van der Waals surface area contributed by atoms with Gasteiger partial charge in [-0.3, -0.25) is 4.79 Å². The molecular weight excluding hydrogens is 310 g/mol. The number of carbonyl (C=O) groups excluding carboxylic acids is 1. The molecule has 1 aliphatic carbocycles. The molecule has 1 saturated carbocycles. The van der Waals surface area contributed by atoms with E-state index < -0.39 is 5.92 Å². The van der Waals surface area contributed by atoms with Crippen LogP contribution in [0.4, 0.5) is 0 Å². The first-order chi connectivity index (χ1) is 11.9. The zero-order valence-electron chi connectivity index (χ0n) is 15.2. The van der Waals surface area contributed by atoms with Gasteiger partial charge in [-0.2, -0.15) is 5.26 Å². The zero-order valence-corrected chi connectivity index (χ0v) is 15.2. The SMILES string of the molecule is Cc1cc(C)nc([C@H](C#N)C(=O)[C@H]2C[C@@H]2c2ccc(C(C)C)cc2)n1. The molecular formula is C21H23N3O. The van der Waals surface area contributed by atoms with Crippen LogP contribution in [0.15, 0.2) is 30.3 Å². The van der Waals surface area contributed by atoms with E-state index >= 15 is 0 Å². The first kappa shape index (κ1) is 17.3. The summed E-state index contributed by atoms with van der Waals surface area (Å²) >= 11 is 0. The highest BCUT2D eigenvalue weighted by molar-refractivity contribution is 5.92. The van der Waals surface area contributed by atoms with Crippen molar-refractivity contribution in [2.75, 3.05) is 0 Å². The maximum Gasteiger partial charge on any atom is 0.164 e. The Balaban J connectivity index is 1.76. The molecule has 1 aromatic carbocycles. The standard InChI is InChI=1S/C21H23N3O/c1-12(2)15-5-7-16(8-6-15)17-10-18(17)20(25)19(11-22)21-23-13(3)9-14(4)24-21/h5-9,12,17-19H,10H2,1-4H3/t17-,18+,19-/m1/s1. The highest BCUT2D eigenvalue weighted by atomic mass is 16.1. The van der Waals surface area contributed by atoms with Crippen molar-refractivity contribution in [3.8, 4) is 6.07 Å². The number of aryl methyl sites for hydroxylation is 2. The number of ketones is 1. The molecule has 4 nitrogen and oxygen atoms in total. The third-order valence-electron chi connectivity index (χ3n) is 4.86. The van der Waals surface area contributed by atoms with Gasteiger partial charge in [-0.1, -0.05) is 38.1 Å². The molecule has 0 spiro atoms. The van der Waals surface area contributed by atoms with Crippen molar-refractivity contribution in [2.24, 2.45) is 5.92 Å². The molecule has 0 N–H and O–H groups in total. The molecule has 1 aromatic heterocycles. The summed E-state index contributed by atoms with van der Waals surface area (Å²) in [5, 5.41) is 9.51. The van der Waals surface area contributed by atoms with Crippen molar-refractivity contribution >= 4 is 5.78 Å². The largest absolute Gasteiger partial charge is 0.297 e. The van der Waals surface area contributed by atoms with Gasteiger partial charge in [0.1, 0.15) is 0 Å². The Labute approximate surface area is 148 Å². The zero-order chi connectivity index (χ0) is 18.1. The van der Waals surface area contributed by atoms with E-state index in [1.54, 1.807) is 0 Å². The van der Waals surface area contributed by atoms with E-state index in [9.17, 15) is 10.1 Å². The lowest BCUT2D eigenvalue weighted by Crippen LogP contribution is -2.17. The van der Waals surface area contributed by atoms with Crippen LogP contribution in [0.1, 0.15) is 66.4 Å². The predicted octanol–water partition coefficient (Wildman–Crippen LogP) is 4.20. The monoisotopic (exact) mass is 333 g/mol. The summed E-state index contributed by atoms with van der Waals surface area (Å²) < 4.78 is 0. The van der Waals surface area contributed by atoms with Gasteiger partial charge >= 0.3 is 0 Å². The molecule has 3 rings (SSSR count). The molecule has 128 valence electrons. The van der Waals surface area contributed by atoms with E-state index in [0.29, 0.717) is 11.7 Å². The lowest BCUT2D eigenvalue weighted by atomic mass is 9.96. The average Bonchev–Trinajstić information content (AvgIpc) is 3.35. The first-order valence-electron chi connectivity index (χ1n) is 8.76. The van der Waals surface area contributed by atoms with Crippen LogP contribution >= 0.6 is 0 Å². The van der Waals surface area contributed by atoms with Crippen LogP contribution in [0.2, 0.25) is 0 Å². The minimum Gasteiger partial charge on any atom is -0.297 e. The van der Waals surface area contributed by atoms with E-state index in [1.807, 2.05) is 19.9 Å². The molecule has 1 aliphatic rings. The van der Waals surface area contributed by atoms with Crippen LogP contribution in [0.3, 0.4) is 0 Å². The van der Waals surface area contributed by atoms with Crippen molar-refractivity contribution in [1.29, 1.82) is 5.26 Å². The Morgan fingerprint density at radius 3 is 2.28 bits per heavy atom. The molecule has 1 heterocycles. The molecule has 0 aliphatic heterocycles. The van der Waals surface area contributed by atoms with Gasteiger partial charge in [0.25, 0.3) is 0 Å². The van der Waals surface area contributed by atoms with Crippen LogP contribution in [0.5, 0.6) is 0 Å². The second kappa shape index (κ2) is 6.76. The molecule has 0 saturated heterocycles. The van der Waals surface area contributed by atoms with Gasteiger partial charge < -0.3 is 0 Å². The number of benzene rings is 1. The summed E-state index contributed by atoms with van der Waals surface area (Å²) in [6.07, 6.45) is 0.808. The average molecular weight is 333 g/mol. The first-order valence-corrected chi connectivity index (χ1v) is 8.76. The number of nitrogens with zero attached hydrogens (tertiary/aromatic N) is 3. The maximum atomic E-state index is 12.8. The van der Waals surface area contributed by atoms with Crippen molar-refractivity contribution in [2.45, 2.75) is 51.9 Å². The summed E-state index contributed by atoms with van der Waals surface area (Å²) in [4.78, 5) is 21.4. The highest BCUT2D eigenvalue weighted by Gasteiger charge is 2.47. The second-order valence-electron chi connectivity index (χ2n) is 7.24. The summed E-state index contributed by atoms with van der Waals surface area (Å²) in [6, 6.07) is 12.5. The van der Waals surface area contributed by atoms with Crippen LogP contribution in [-0.4, -0.2) is 15.8 Å². The third-order valence-corrected chi connectivity index (χ3v) is 4.86. The topological polar surface area (TPSA) is 66.6 Å². The van der Waals surface area contributed by atoms with Gasteiger partial charge in [0, 0.05) is 17.3 Å². The quantitative estimate of drug-likeness (QED) is 0.822. The van der Waals surface area contributed by atoms with Gasteiger partial charge in [-0.05, 0) is 49.3 Å². The number of hydrogen-bond acceptors (Lipinski definition) is 4. The Morgan fingerprint density at radius 1 is 1.16 bits per heavy atom. The number of Topliss-reactive ketones (excluding diaryl/α,β-unsaturated/α-hetero) is 1. The summed E-state index contributed by atoms with van der Waals surface area (Å²) in [5.41, 5.74) is 4.05. The van der Waals surface area contributed by atoms with Gasteiger partial charge in [0.2, 0.25) is 0 Å². The molecule has 4 heteroatoms. The van der Waals surface area contributed by atoms with Gasteiger partial charge in [0.15, 0.2) is 17.5 Å². The molecule has 1 fully saturated rings. The highest BCUT2D eigenvalue weighted by Crippen LogP contribution is 2.50. The van der Waals surface area contributed by atoms with Crippen molar-refractivity contribution < 1.29 is 4.79 Å². The molecule has 0 bridgehead atoms. The van der Waals surface area contributed by atoms with Crippen molar-refractivity contribution in [3.05, 3.63) is 58.7 Å². The van der Waals surface area contributed by atoms with E-state index in [1.165, 1.54) is 11.1 Å². The molecule has 3 atom stereocenters. The molecule has 25 heavy (non-hydrogen) atoms. The normalized spacial score (nSPS) is 20.2. The Kier molecular flexibility index (Phi) is 4.67. The number of nitriles is 1. The van der Waals surface area contributed by atoms with E-state index in [4.69, 9.17) is 0 Å². The summed E-state index contributed by atoms with van der Waals surface area (Å²) in [7, 11) is 0. The fraction of sp³-hybridized carbons (Fsp3) is 0.429. The molecule has 0 radical (unpaired) electrons. The summed E-state index contributed by atoms with van der Waals surface area (Å²) in [5.74, 6) is 0.0320. The fourth-order valence-corrected chi connectivity index (χ4v) is 3.35. The summed E-state index contributed by atoms with van der Waals surface area (Å²) in [6.45, 7) is 8.04. The van der Waals surface area contributed by atoms with Crippen LogP contribution < -0.4 is 0 Å². The minimum atomic E-state index is -0.872. The van der Waals surface area contributed by atoms with Gasteiger partial charge in [-0.25, -0.2) is 9.97 Å². The Hall–Kier alpha value is -2.54. The lowest BCUT2D eigenvalue weighted by Gasteiger charge is -2.09. The van der Waals surface area contributed by atoms with Crippen LogP contribution in [0.25, 0.3) is 0 Å². The van der Waals surface area contributed by atoms with Crippen molar-refractivity contribution in [3.63, 3.8) is 0 Å². The smallest absolute Gasteiger partial charge is 0.164 e. The van der Waals surface area contributed by atoms with Gasteiger partial charge in [-0.15, -0.1) is 0 Å². The minimum absolute atomic E-state index is 0.0505. The Morgan fingerprint density at radius 2 is 1.76 bits per heavy atom. The second-order valence-corrected chi connectivity index (χ2v) is 7.24. The fourth-order valence-electron chi connectivity index (χ4n) is 3.35. The molecule has 0 amide bonds. The van der Waals surface area contributed by atoms with Gasteiger partial charge in [0.05, 0.1) is 6.07 Å². The maximum absolute atomic E-state index is 12.8. The third kappa shape index (κ3) is 3.61. The van der Waals surface area contributed by atoms with E-state index in [0.717, 1.165) is 17.8 Å².